The van der Waals surface area contributed by atoms with E-state index in [9.17, 15) is 10.2 Å². The second kappa shape index (κ2) is 4.95. The molecule has 2 fully saturated rings. The van der Waals surface area contributed by atoms with Crippen molar-refractivity contribution < 1.29 is 10.2 Å². The van der Waals surface area contributed by atoms with Crippen LogP contribution in [0, 0.1) is 28.6 Å². The molecule has 6 unspecified atom stereocenters. The van der Waals surface area contributed by atoms with E-state index in [0.717, 1.165) is 25.7 Å². The van der Waals surface area contributed by atoms with Crippen LogP contribution in [-0.4, -0.2) is 21.9 Å². The quantitative estimate of drug-likeness (QED) is 0.766. The third-order valence-electron chi connectivity index (χ3n) is 7.46. The monoisotopic (exact) mass is 304 g/mol. The summed E-state index contributed by atoms with van der Waals surface area (Å²) in [6, 6.07) is 0. The van der Waals surface area contributed by atoms with Gasteiger partial charge in [-0.05, 0) is 55.3 Å². The molecule has 2 N–H and O–H groups in total. The van der Waals surface area contributed by atoms with E-state index in [0.29, 0.717) is 0 Å². The Hall–Kier alpha value is -0.600. The molecule has 0 radical (unpaired) electrons. The Labute approximate surface area is 135 Å². The van der Waals surface area contributed by atoms with Crippen LogP contribution in [0.3, 0.4) is 0 Å². The van der Waals surface area contributed by atoms with E-state index in [1.807, 2.05) is 0 Å². The molecule has 0 amide bonds. The van der Waals surface area contributed by atoms with Crippen LogP contribution < -0.4 is 0 Å². The van der Waals surface area contributed by atoms with Crippen molar-refractivity contribution in [3.63, 3.8) is 0 Å². The first-order valence-electron chi connectivity index (χ1n) is 8.91. The highest BCUT2D eigenvalue weighted by molar-refractivity contribution is 5.29. The SMILES string of the molecule is CC1=CC=CC2(C)CCC3C(C)(CCC3(O)C(C)C)C(O)C12. The lowest BCUT2D eigenvalue weighted by Crippen LogP contribution is -2.49. The second-order valence-electron chi connectivity index (χ2n) is 8.94. The molecular formula is C20H32O2. The predicted molar refractivity (Wildman–Crippen MR) is 90.4 cm³/mol. The average molecular weight is 304 g/mol. The first-order chi connectivity index (χ1) is 10.2. The van der Waals surface area contributed by atoms with Crippen molar-refractivity contribution in [1.82, 2.24) is 0 Å². The van der Waals surface area contributed by atoms with E-state index in [2.05, 4.69) is 52.8 Å². The molecule has 22 heavy (non-hydrogen) atoms. The van der Waals surface area contributed by atoms with Crippen LogP contribution in [0.25, 0.3) is 0 Å². The van der Waals surface area contributed by atoms with E-state index in [-0.39, 0.29) is 34.7 Å². The summed E-state index contributed by atoms with van der Waals surface area (Å²) >= 11 is 0. The molecular weight excluding hydrogens is 272 g/mol. The fraction of sp³-hybridized carbons (Fsp3) is 0.800. The maximum atomic E-state index is 11.4. The molecule has 124 valence electrons. The van der Waals surface area contributed by atoms with Crippen LogP contribution >= 0.6 is 0 Å². The topological polar surface area (TPSA) is 40.5 Å². The van der Waals surface area contributed by atoms with Gasteiger partial charge in [0.05, 0.1) is 11.7 Å². The van der Waals surface area contributed by atoms with Crippen LogP contribution in [-0.2, 0) is 0 Å². The predicted octanol–water partition coefficient (Wildman–Crippen LogP) is 4.08. The lowest BCUT2D eigenvalue weighted by Gasteiger charge is -2.45. The van der Waals surface area contributed by atoms with Gasteiger partial charge in [0.2, 0.25) is 0 Å². The second-order valence-corrected chi connectivity index (χ2v) is 8.94. The summed E-state index contributed by atoms with van der Waals surface area (Å²) in [5.74, 6) is 0.618. The molecule has 3 aliphatic carbocycles. The van der Waals surface area contributed by atoms with Crippen molar-refractivity contribution in [2.24, 2.45) is 28.6 Å². The summed E-state index contributed by atoms with van der Waals surface area (Å²) in [6.07, 6.45) is 10.0. The lowest BCUT2D eigenvalue weighted by molar-refractivity contribution is -0.0947. The summed E-state index contributed by atoms with van der Waals surface area (Å²) in [5, 5.41) is 22.7. The van der Waals surface area contributed by atoms with Gasteiger partial charge in [-0.1, -0.05) is 51.5 Å². The van der Waals surface area contributed by atoms with E-state index in [1.165, 1.54) is 5.57 Å². The van der Waals surface area contributed by atoms with Crippen LogP contribution in [0.5, 0.6) is 0 Å². The Morgan fingerprint density at radius 1 is 1.18 bits per heavy atom. The van der Waals surface area contributed by atoms with Crippen molar-refractivity contribution in [2.75, 3.05) is 0 Å². The third-order valence-corrected chi connectivity index (χ3v) is 7.46. The average Bonchev–Trinajstić information content (AvgIpc) is 2.66. The first-order valence-corrected chi connectivity index (χ1v) is 8.91. The highest BCUT2D eigenvalue weighted by Gasteiger charge is 2.62. The standard InChI is InChI=1S/C20H32O2/c1-13(2)20(22)12-11-19(5)15(20)8-10-18(4)9-6-7-14(3)16(18)17(19)21/h6-7,9,13,15-17,21-22H,8,10-12H2,1-5H3. The highest BCUT2D eigenvalue weighted by Crippen LogP contribution is 2.62. The van der Waals surface area contributed by atoms with Crippen molar-refractivity contribution in [3.8, 4) is 0 Å². The zero-order valence-electron chi connectivity index (χ0n) is 14.8. The van der Waals surface area contributed by atoms with Crippen LogP contribution in [0.15, 0.2) is 23.8 Å². The Morgan fingerprint density at radius 2 is 1.86 bits per heavy atom. The van der Waals surface area contributed by atoms with Gasteiger partial charge in [0, 0.05) is 5.92 Å². The molecule has 2 saturated carbocycles. The van der Waals surface area contributed by atoms with Gasteiger partial charge in [-0.2, -0.15) is 0 Å². The molecule has 0 saturated heterocycles. The molecule has 0 heterocycles. The Balaban J connectivity index is 2.06. The third kappa shape index (κ3) is 1.99. The number of hydrogen-bond acceptors (Lipinski definition) is 2. The molecule has 3 aliphatic rings. The summed E-state index contributed by atoms with van der Waals surface area (Å²) in [6.45, 7) is 10.9. The minimum absolute atomic E-state index is 0.0174. The fourth-order valence-electron chi connectivity index (χ4n) is 5.85. The van der Waals surface area contributed by atoms with Crippen LogP contribution in [0.4, 0.5) is 0 Å². The molecule has 6 atom stereocenters. The largest absolute Gasteiger partial charge is 0.392 e. The molecule has 0 spiro atoms. The lowest BCUT2D eigenvalue weighted by atomic mass is 9.62. The maximum absolute atomic E-state index is 11.4. The van der Waals surface area contributed by atoms with Crippen molar-refractivity contribution in [3.05, 3.63) is 23.8 Å². The number of aliphatic hydroxyl groups excluding tert-OH is 1. The summed E-state index contributed by atoms with van der Waals surface area (Å²) < 4.78 is 0. The molecule has 2 heteroatoms. The number of aliphatic hydroxyl groups is 2. The zero-order chi connectivity index (χ0) is 16.3. The molecule has 0 aliphatic heterocycles. The van der Waals surface area contributed by atoms with Crippen LogP contribution in [0.2, 0.25) is 0 Å². The number of fused-ring (bicyclic) bond motifs is 2. The number of allylic oxidation sites excluding steroid dienone is 3. The molecule has 0 bridgehead atoms. The minimum atomic E-state index is -0.624. The van der Waals surface area contributed by atoms with Gasteiger partial charge in [-0.15, -0.1) is 0 Å². The van der Waals surface area contributed by atoms with Gasteiger partial charge in [0.25, 0.3) is 0 Å². The molecule has 0 aromatic rings. The Kier molecular flexibility index (Phi) is 3.66. The van der Waals surface area contributed by atoms with Gasteiger partial charge in [0.15, 0.2) is 0 Å². The maximum Gasteiger partial charge on any atom is 0.0704 e. The smallest absolute Gasteiger partial charge is 0.0704 e. The molecule has 0 aromatic carbocycles. The Bertz CT molecular complexity index is 520. The van der Waals surface area contributed by atoms with Gasteiger partial charge in [-0.3, -0.25) is 0 Å². The fourth-order valence-corrected chi connectivity index (χ4v) is 5.85. The van der Waals surface area contributed by atoms with Crippen molar-refractivity contribution in [1.29, 1.82) is 0 Å². The summed E-state index contributed by atoms with van der Waals surface area (Å²) in [5.41, 5.74) is 0.505. The highest BCUT2D eigenvalue weighted by atomic mass is 16.3. The van der Waals surface area contributed by atoms with E-state index < -0.39 is 5.60 Å². The summed E-state index contributed by atoms with van der Waals surface area (Å²) in [7, 11) is 0. The molecule has 0 aromatic heterocycles. The van der Waals surface area contributed by atoms with E-state index in [1.54, 1.807) is 0 Å². The van der Waals surface area contributed by atoms with Gasteiger partial charge in [-0.25, -0.2) is 0 Å². The van der Waals surface area contributed by atoms with E-state index in [4.69, 9.17) is 0 Å². The zero-order valence-corrected chi connectivity index (χ0v) is 14.8. The van der Waals surface area contributed by atoms with Crippen LogP contribution in [0.1, 0.15) is 60.3 Å². The number of hydrogen-bond donors (Lipinski definition) is 2. The van der Waals surface area contributed by atoms with Crippen molar-refractivity contribution in [2.45, 2.75) is 72.0 Å². The molecule has 2 nitrogen and oxygen atoms in total. The molecule has 3 rings (SSSR count). The normalized spacial score (nSPS) is 51.3. The minimum Gasteiger partial charge on any atom is -0.392 e. The van der Waals surface area contributed by atoms with Gasteiger partial charge >= 0.3 is 0 Å². The summed E-state index contributed by atoms with van der Waals surface area (Å²) in [4.78, 5) is 0. The number of rotatable bonds is 1. The first kappa shape index (κ1) is 16.3. The Morgan fingerprint density at radius 3 is 2.50 bits per heavy atom. The van der Waals surface area contributed by atoms with Gasteiger partial charge in [0.1, 0.15) is 0 Å². The van der Waals surface area contributed by atoms with Crippen molar-refractivity contribution >= 4 is 0 Å². The van der Waals surface area contributed by atoms with Gasteiger partial charge < -0.3 is 10.2 Å². The van der Waals surface area contributed by atoms with E-state index >= 15 is 0 Å².